The normalized spacial score (nSPS) is 13.7. The van der Waals surface area contributed by atoms with Crippen molar-refractivity contribution < 1.29 is 14.3 Å². The van der Waals surface area contributed by atoms with Gasteiger partial charge in [-0.25, -0.2) is 9.37 Å². The molecule has 2 heterocycles. The molecule has 1 aromatic heterocycles. The predicted octanol–water partition coefficient (Wildman–Crippen LogP) is 4.60. The van der Waals surface area contributed by atoms with E-state index in [1.54, 1.807) is 53.6 Å². The second-order valence-electron chi connectivity index (χ2n) is 6.78. The van der Waals surface area contributed by atoms with Crippen LogP contribution in [0.1, 0.15) is 22.3 Å². The molecule has 5 nitrogen and oxygen atoms in total. The van der Waals surface area contributed by atoms with Gasteiger partial charge in [0, 0.05) is 19.3 Å². The van der Waals surface area contributed by atoms with Crippen LogP contribution in [0.2, 0.25) is 0 Å². The van der Waals surface area contributed by atoms with Gasteiger partial charge in [0.25, 0.3) is 5.91 Å². The highest BCUT2D eigenvalue weighted by Crippen LogP contribution is 2.26. The molecule has 2 aromatic carbocycles. The highest BCUT2D eigenvalue weighted by molar-refractivity contribution is 5.99. The fourth-order valence-corrected chi connectivity index (χ4v) is 3.33. The Labute approximate surface area is 168 Å². The molecule has 0 saturated carbocycles. The monoisotopic (exact) mass is 389 g/mol. The number of halogens is 1. The van der Waals surface area contributed by atoms with Gasteiger partial charge in [-0.05, 0) is 54.0 Å². The van der Waals surface area contributed by atoms with Crippen LogP contribution in [0.5, 0.6) is 5.75 Å². The molecular weight excluding hydrogens is 369 g/mol. The van der Waals surface area contributed by atoms with Gasteiger partial charge in [-0.1, -0.05) is 30.3 Å². The standard InChI is InChI=1S/C23H20FN3O2/c24-20-5-1-2-6-21(20)26-22-19(4-3-13-25-22)23(29)27-14-11-17(12-15-27)16-7-9-18(28)10-8-16/h1-11,13,28H,12,14-15H2,(H,25,26). The summed E-state index contributed by atoms with van der Waals surface area (Å²) in [6, 6.07) is 16.7. The number of pyridine rings is 1. The smallest absolute Gasteiger partial charge is 0.257 e. The fraction of sp³-hybridized carbons (Fsp3) is 0.130. The number of carbonyl (C=O) groups excluding carboxylic acids is 1. The van der Waals surface area contributed by atoms with E-state index < -0.39 is 5.82 Å². The summed E-state index contributed by atoms with van der Waals surface area (Å²) in [5.74, 6) is -0.00159. The number of carbonyl (C=O) groups is 1. The van der Waals surface area contributed by atoms with Gasteiger partial charge in [-0.15, -0.1) is 0 Å². The van der Waals surface area contributed by atoms with E-state index in [0.717, 1.165) is 11.1 Å². The minimum Gasteiger partial charge on any atom is -0.508 e. The van der Waals surface area contributed by atoms with Gasteiger partial charge in [-0.3, -0.25) is 4.79 Å². The number of nitrogens with zero attached hydrogens (tertiary/aromatic N) is 2. The maximum Gasteiger partial charge on any atom is 0.257 e. The molecule has 1 amide bonds. The van der Waals surface area contributed by atoms with Crippen molar-refractivity contribution in [1.29, 1.82) is 0 Å². The number of phenols is 1. The number of aromatic hydroxyl groups is 1. The molecule has 0 spiro atoms. The number of anilines is 2. The minimum absolute atomic E-state index is 0.155. The Balaban J connectivity index is 1.52. The number of para-hydroxylation sites is 1. The van der Waals surface area contributed by atoms with Crippen LogP contribution < -0.4 is 5.32 Å². The van der Waals surface area contributed by atoms with Gasteiger partial charge >= 0.3 is 0 Å². The fourth-order valence-electron chi connectivity index (χ4n) is 3.33. The van der Waals surface area contributed by atoms with E-state index in [0.29, 0.717) is 30.9 Å². The molecule has 0 saturated heterocycles. The zero-order chi connectivity index (χ0) is 20.2. The van der Waals surface area contributed by atoms with Crippen molar-refractivity contribution in [2.24, 2.45) is 0 Å². The van der Waals surface area contributed by atoms with Gasteiger partial charge in [0.2, 0.25) is 0 Å². The summed E-state index contributed by atoms with van der Waals surface area (Å²) in [5, 5.41) is 12.4. The number of phenolic OH excluding ortho intramolecular Hbond substituents is 1. The highest BCUT2D eigenvalue weighted by atomic mass is 19.1. The van der Waals surface area contributed by atoms with E-state index in [4.69, 9.17) is 0 Å². The molecule has 0 radical (unpaired) electrons. The van der Waals surface area contributed by atoms with Crippen molar-refractivity contribution in [3.63, 3.8) is 0 Å². The van der Waals surface area contributed by atoms with Crippen LogP contribution in [0.15, 0.2) is 72.9 Å². The Morgan fingerprint density at radius 2 is 1.86 bits per heavy atom. The topological polar surface area (TPSA) is 65.5 Å². The van der Waals surface area contributed by atoms with Gasteiger partial charge in [0.05, 0.1) is 11.3 Å². The number of hydrogen-bond acceptors (Lipinski definition) is 4. The molecule has 1 aliphatic heterocycles. The quantitative estimate of drug-likeness (QED) is 0.685. The molecule has 29 heavy (non-hydrogen) atoms. The van der Waals surface area contributed by atoms with Gasteiger partial charge < -0.3 is 15.3 Å². The van der Waals surface area contributed by atoms with Crippen molar-refractivity contribution in [1.82, 2.24) is 9.88 Å². The van der Waals surface area contributed by atoms with E-state index in [1.165, 1.54) is 6.07 Å². The number of aromatic nitrogens is 1. The lowest BCUT2D eigenvalue weighted by Gasteiger charge is -2.27. The molecule has 2 N–H and O–H groups in total. The van der Waals surface area contributed by atoms with E-state index in [9.17, 15) is 14.3 Å². The zero-order valence-corrected chi connectivity index (χ0v) is 15.7. The van der Waals surface area contributed by atoms with Crippen LogP contribution in [0.4, 0.5) is 15.9 Å². The Bertz CT molecular complexity index is 1060. The first-order valence-electron chi connectivity index (χ1n) is 9.36. The summed E-state index contributed by atoms with van der Waals surface area (Å²) < 4.78 is 14.0. The van der Waals surface area contributed by atoms with Crippen LogP contribution in [0.3, 0.4) is 0 Å². The number of benzene rings is 2. The van der Waals surface area contributed by atoms with E-state index in [1.807, 2.05) is 18.2 Å². The number of rotatable bonds is 4. The number of hydrogen-bond donors (Lipinski definition) is 2. The summed E-state index contributed by atoms with van der Waals surface area (Å²) in [7, 11) is 0. The van der Waals surface area contributed by atoms with Crippen molar-refractivity contribution in [3.05, 3.63) is 89.9 Å². The van der Waals surface area contributed by atoms with Crippen molar-refractivity contribution in [2.45, 2.75) is 6.42 Å². The van der Waals surface area contributed by atoms with Gasteiger partial charge in [-0.2, -0.15) is 0 Å². The Hall–Kier alpha value is -3.67. The molecule has 0 unspecified atom stereocenters. The largest absolute Gasteiger partial charge is 0.508 e. The van der Waals surface area contributed by atoms with Crippen molar-refractivity contribution in [3.8, 4) is 5.75 Å². The number of nitrogens with one attached hydrogen (secondary N) is 1. The first kappa shape index (κ1) is 18.7. The first-order valence-corrected chi connectivity index (χ1v) is 9.36. The average molecular weight is 389 g/mol. The zero-order valence-electron chi connectivity index (χ0n) is 15.7. The molecule has 0 aliphatic carbocycles. The van der Waals surface area contributed by atoms with Crippen LogP contribution in [-0.4, -0.2) is 34.0 Å². The molecule has 1 aliphatic rings. The molecule has 0 bridgehead atoms. The second kappa shape index (κ2) is 8.14. The lowest BCUT2D eigenvalue weighted by molar-refractivity contribution is 0.0773. The van der Waals surface area contributed by atoms with Crippen molar-refractivity contribution in [2.75, 3.05) is 18.4 Å². The lowest BCUT2D eigenvalue weighted by atomic mass is 9.99. The summed E-state index contributed by atoms with van der Waals surface area (Å²) in [4.78, 5) is 19.1. The lowest BCUT2D eigenvalue weighted by Crippen LogP contribution is -2.35. The molecule has 146 valence electrons. The second-order valence-corrected chi connectivity index (χ2v) is 6.78. The first-order chi connectivity index (χ1) is 14.1. The third-order valence-corrected chi connectivity index (χ3v) is 4.90. The maximum atomic E-state index is 14.0. The maximum absolute atomic E-state index is 14.0. The number of amides is 1. The van der Waals surface area contributed by atoms with Gasteiger partial charge in [0.15, 0.2) is 0 Å². The van der Waals surface area contributed by atoms with E-state index in [2.05, 4.69) is 10.3 Å². The molecular formula is C23H20FN3O2. The molecule has 0 fully saturated rings. The van der Waals surface area contributed by atoms with Crippen LogP contribution in [0, 0.1) is 5.82 Å². The molecule has 3 aromatic rings. The van der Waals surface area contributed by atoms with E-state index >= 15 is 0 Å². The summed E-state index contributed by atoms with van der Waals surface area (Å²) in [6.45, 7) is 1.04. The van der Waals surface area contributed by atoms with Crippen molar-refractivity contribution >= 4 is 23.0 Å². The van der Waals surface area contributed by atoms with Crippen LogP contribution in [-0.2, 0) is 0 Å². The molecule has 0 atom stereocenters. The third-order valence-electron chi connectivity index (χ3n) is 4.90. The summed E-state index contributed by atoms with van der Waals surface area (Å²) in [6.07, 6.45) is 4.31. The average Bonchev–Trinajstić information content (AvgIpc) is 2.76. The third kappa shape index (κ3) is 4.11. The summed E-state index contributed by atoms with van der Waals surface area (Å²) in [5.41, 5.74) is 2.86. The molecule has 4 rings (SSSR count). The highest BCUT2D eigenvalue weighted by Gasteiger charge is 2.22. The van der Waals surface area contributed by atoms with E-state index in [-0.39, 0.29) is 17.3 Å². The Kier molecular flexibility index (Phi) is 5.24. The SMILES string of the molecule is O=C(c1cccnc1Nc1ccccc1F)N1CC=C(c2ccc(O)cc2)CC1. The van der Waals surface area contributed by atoms with Crippen LogP contribution in [0.25, 0.3) is 5.57 Å². The Morgan fingerprint density at radius 1 is 1.07 bits per heavy atom. The van der Waals surface area contributed by atoms with Gasteiger partial charge in [0.1, 0.15) is 17.4 Å². The Morgan fingerprint density at radius 3 is 2.59 bits per heavy atom. The summed E-state index contributed by atoms with van der Waals surface area (Å²) >= 11 is 0. The minimum atomic E-state index is -0.406. The van der Waals surface area contributed by atoms with Crippen LogP contribution >= 0.6 is 0 Å². The molecule has 6 heteroatoms. The predicted molar refractivity (Wildman–Crippen MR) is 111 cm³/mol.